The van der Waals surface area contributed by atoms with Gasteiger partial charge in [0.15, 0.2) is 5.76 Å². The molecule has 3 aliphatic rings. The summed E-state index contributed by atoms with van der Waals surface area (Å²) in [5.41, 5.74) is 1.83. The van der Waals surface area contributed by atoms with Crippen molar-refractivity contribution in [2.24, 2.45) is 11.3 Å². The van der Waals surface area contributed by atoms with E-state index in [9.17, 15) is 13.2 Å². The molecule has 1 aliphatic carbocycles. The number of amides is 1. The molecule has 5 rings (SSSR count). The number of carbonyl (C=O) groups excluding carboxylic acids is 1. The maximum absolute atomic E-state index is 13.1. The molecule has 1 saturated heterocycles. The summed E-state index contributed by atoms with van der Waals surface area (Å²) in [7, 11) is -3.77. The van der Waals surface area contributed by atoms with Gasteiger partial charge in [0, 0.05) is 45.7 Å². The zero-order valence-corrected chi connectivity index (χ0v) is 24.8. The fraction of sp³-hybridized carbons (Fsp3) is 0.667. The predicted octanol–water partition coefficient (Wildman–Crippen LogP) is 4.09. The molecule has 3 heterocycles. The number of para-hydroxylation sites is 1. The second kappa shape index (κ2) is 12.6. The molecular formula is C30H44N4O5S. The monoisotopic (exact) mass is 572 g/mol. The molecule has 1 saturated carbocycles. The van der Waals surface area contributed by atoms with Crippen LogP contribution in [0.1, 0.15) is 68.4 Å². The summed E-state index contributed by atoms with van der Waals surface area (Å²) in [6.45, 7) is 8.52. The maximum Gasteiger partial charge on any atom is 0.245 e. The molecule has 1 aromatic carbocycles. The Balaban J connectivity index is 1.17. The van der Waals surface area contributed by atoms with Gasteiger partial charge in [-0.2, -0.15) is 0 Å². The lowest BCUT2D eigenvalue weighted by molar-refractivity contribution is -0.133. The zero-order chi connectivity index (χ0) is 28.2. The highest BCUT2D eigenvalue weighted by molar-refractivity contribution is 7.89. The van der Waals surface area contributed by atoms with Gasteiger partial charge in [0.25, 0.3) is 0 Å². The smallest absolute Gasteiger partial charge is 0.245 e. The van der Waals surface area contributed by atoms with Gasteiger partial charge in [-0.25, -0.2) is 13.1 Å². The molecule has 220 valence electrons. The number of rotatable bonds is 7. The van der Waals surface area contributed by atoms with Gasteiger partial charge in [-0.3, -0.25) is 9.69 Å². The molecule has 10 heteroatoms. The summed E-state index contributed by atoms with van der Waals surface area (Å²) < 4.78 is 39.2. The van der Waals surface area contributed by atoms with Crippen molar-refractivity contribution in [3.63, 3.8) is 0 Å². The minimum absolute atomic E-state index is 0.00399. The van der Waals surface area contributed by atoms with E-state index in [0.29, 0.717) is 12.3 Å². The van der Waals surface area contributed by atoms with Crippen LogP contribution in [0.3, 0.4) is 0 Å². The number of likely N-dealkylation sites (tertiary alicyclic amines) is 1. The van der Waals surface area contributed by atoms with Crippen LogP contribution in [0.15, 0.2) is 33.7 Å². The molecule has 40 heavy (non-hydrogen) atoms. The first kappa shape index (κ1) is 29.1. The van der Waals surface area contributed by atoms with Crippen LogP contribution in [-0.2, 0) is 21.2 Å². The van der Waals surface area contributed by atoms with E-state index < -0.39 is 10.0 Å². The van der Waals surface area contributed by atoms with Crippen LogP contribution in [0.5, 0.6) is 5.75 Å². The number of aromatic nitrogens is 1. The van der Waals surface area contributed by atoms with Crippen molar-refractivity contribution in [2.75, 3.05) is 45.9 Å². The normalized spacial score (nSPS) is 20.8. The van der Waals surface area contributed by atoms with Gasteiger partial charge in [0.1, 0.15) is 22.9 Å². The highest BCUT2D eigenvalue weighted by Crippen LogP contribution is 2.40. The summed E-state index contributed by atoms with van der Waals surface area (Å²) in [5.74, 6) is 2.10. The molecular weight excluding hydrogens is 528 g/mol. The Kier molecular flexibility index (Phi) is 9.17. The third-order valence-corrected chi connectivity index (χ3v) is 10.6. The Morgan fingerprint density at radius 3 is 2.60 bits per heavy atom. The second-order valence-corrected chi connectivity index (χ2v) is 13.7. The third kappa shape index (κ3) is 7.25. The topological polar surface area (TPSA) is 105 Å². The minimum atomic E-state index is -3.77. The van der Waals surface area contributed by atoms with Crippen LogP contribution in [0, 0.1) is 25.2 Å². The summed E-state index contributed by atoms with van der Waals surface area (Å²) in [4.78, 5) is 17.7. The number of piperidine rings is 1. The zero-order valence-electron chi connectivity index (χ0n) is 24.0. The van der Waals surface area contributed by atoms with E-state index in [1.165, 1.54) is 31.2 Å². The molecule has 0 unspecified atom stereocenters. The first-order valence-electron chi connectivity index (χ1n) is 14.9. The number of hydrogen-bond donors (Lipinski definition) is 1. The van der Waals surface area contributed by atoms with Crippen LogP contribution in [0.4, 0.5) is 0 Å². The Bertz CT molecular complexity index is 1250. The van der Waals surface area contributed by atoms with Gasteiger partial charge < -0.3 is 14.2 Å². The fourth-order valence-electron chi connectivity index (χ4n) is 6.42. The first-order valence-corrected chi connectivity index (χ1v) is 16.4. The predicted molar refractivity (Wildman–Crippen MR) is 153 cm³/mol. The molecule has 1 N–H and O–H groups in total. The Labute approximate surface area is 238 Å². The number of aryl methyl sites for hydroxylation is 3. The second-order valence-electron chi connectivity index (χ2n) is 12.0. The van der Waals surface area contributed by atoms with Crippen molar-refractivity contribution in [3.05, 3.63) is 41.3 Å². The number of hydrogen-bond acceptors (Lipinski definition) is 7. The third-order valence-electron chi connectivity index (χ3n) is 8.86. The Hall–Kier alpha value is -2.43. The molecule has 2 fully saturated rings. The summed E-state index contributed by atoms with van der Waals surface area (Å²) in [6, 6.07) is 8.45. The van der Waals surface area contributed by atoms with Gasteiger partial charge >= 0.3 is 0 Å². The van der Waals surface area contributed by atoms with Crippen molar-refractivity contribution < 1.29 is 22.5 Å². The van der Waals surface area contributed by atoms with Gasteiger partial charge in [-0.15, -0.1) is 0 Å². The molecule has 0 radical (unpaired) electrons. The quantitative estimate of drug-likeness (QED) is 0.533. The van der Waals surface area contributed by atoms with Gasteiger partial charge in [-0.1, -0.05) is 29.8 Å². The van der Waals surface area contributed by atoms with Gasteiger partial charge in [0.2, 0.25) is 15.9 Å². The lowest BCUT2D eigenvalue weighted by Crippen LogP contribution is -2.49. The van der Waals surface area contributed by atoms with Crippen LogP contribution in [0.25, 0.3) is 0 Å². The van der Waals surface area contributed by atoms with Crippen molar-refractivity contribution in [2.45, 2.75) is 76.5 Å². The van der Waals surface area contributed by atoms with Crippen LogP contribution in [-0.4, -0.2) is 75.2 Å². The highest BCUT2D eigenvalue weighted by Gasteiger charge is 2.38. The standard InChI is InChI=1S/C30H44N4O5S/c1-23-29(24(2)39-32-23)40(36,37)31-16-12-28(35)34-17-14-30(15-18-34)13-6-5-8-26-7-3-4-9-27(26)38-20-19-33(22-30)21-25-10-11-25/h3-4,7,9,25,31H,5-6,8,10-22H2,1-2H3. The average Bonchev–Trinajstić information content (AvgIpc) is 3.67. The van der Waals surface area contributed by atoms with E-state index in [1.54, 1.807) is 13.8 Å². The molecule has 9 nitrogen and oxygen atoms in total. The largest absolute Gasteiger partial charge is 0.492 e. The van der Waals surface area contributed by atoms with Gasteiger partial charge in [0.05, 0.1) is 0 Å². The van der Waals surface area contributed by atoms with Crippen molar-refractivity contribution in [1.82, 2.24) is 19.7 Å². The molecule has 1 aromatic heterocycles. The molecule has 1 amide bonds. The molecule has 1 spiro atoms. The van der Waals surface area contributed by atoms with Crippen molar-refractivity contribution in [3.8, 4) is 5.75 Å². The lowest BCUT2D eigenvalue weighted by Gasteiger charge is -2.45. The summed E-state index contributed by atoms with van der Waals surface area (Å²) >= 11 is 0. The SMILES string of the molecule is Cc1noc(C)c1S(=O)(=O)NCCC(=O)N1CCC2(CCCCc3ccccc3OCCN(CC3CC3)C2)CC1. The fourth-order valence-corrected chi connectivity index (χ4v) is 7.78. The highest BCUT2D eigenvalue weighted by atomic mass is 32.2. The molecule has 0 atom stereocenters. The number of ether oxygens (including phenoxy) is 1. The number of carbonyl (C=O) groups is 1. The van der Waals surface area contributed by atoms with E-state index in [4.69, 9.17) is 9.26 Å². The first-order chi connectivity index (χ1) is 19.2. The van der Waals surface area contributed by atoms with E-state index in [0.717, 1.165) is 70.1 Å². The summed E-state index contributed by atoms with van der Waals surface area (Å²) in [5, 5.41) is 3.73. The number of benzene rings is 1. The van der Waals surface area contributed by atoms with Crippen molar-refractivity contribution >= 4 is 15.9 Å². The number of nitrogens with one attached hydrogen (secondary N) is 1. The number of sulfonamides is 1. The van der Waals surface area contributed by atoms with Crippen LogP contribution in [0.2, 0.25) is 0 Å². The Morgan fingerprint density at radius 1 is 1.10 bits per heavy atom. The van der Waals surface area contributed by atoms with Crippen LogP contribution < -0.4 is 9.46 Å². The van der Waals surface area contributed by atoms with E-state index in [-0.39, 0.29) is 34.9 Å². The number of nitrogens with zero attached hydrogens (tertiary/aromatic N) is 3. The number of fused-ring (bicyclic) bond motifs is 1. The minimum Gasteiger partial charge on any atom is -0.492 e. The molecule has 2 aromatic rings. The summed E-state index contributed by atoms with van der Waals surface area (Å²) in [6.07, 6.45) is 9.29. The maximum atomic E-state index is 13.1. The van der Waals surface area contributed by atoms with E-state index in [1.807, 2.05) is 4.90 Å². The van der Waals surface area contributed by atoms with E-state index in [2.05, 4.69) is 39.0 Å². The average molecular weight is 573 g/mol. The van der Waals surface area contributed by atoms with E-state index >= 15 is 0 Å². The van der Waals surface area contributed by atoms with Crippen molar-refractivity contribution in [1.29, 1.82) is 0 Å². The van der Waals surface area contributed by atoms with Crippen LogP contribution >= 0.6 is 0 Å². The van der Waals surface area contributed by atoms with Gasteiger partial charge in [-0.05, 0) is 81.8 Å². The lowest BCUT2D eigenvalue weighted by atomic mass is 9.73. The molecule has 0 bridgehead atoms. The molecule has 2 aliphatic heterocycles. The Morgan fingerprint density at radius 2 is 1.88 bits per heavy atom.